The Morgan fingerprint density at radius 2 is 1.79 bits per heavy atom. The molecule has 2 atom stereocenters. The Bertz CT molecular complexity index is 927. The fourth-order valence-corrected chi connectivity index (χ4v) is 3.60. The van der Waals surface area contributed by atoms with E-state index in [4.69, 9.17) is 0 Å². The van der Waals surface area contributed by atoms with E-state index in [9.17, 15) is 9.18 Å². The van der Waals surface area contributed by atoms with Gasteiger partial charge in [-0.1, -0.05) is 54.2 Å². The molecule has 28 heavy (non-hydrogen) atoms. The van der Waals surface area contributed by atoms with Gasteiger partial charge in [-0.3, -0.25) is 4.79 Å². The van der Waals surface area contributed by atoms with E-state index in [0.29, 0.717) is 11.6 Å². The molecule has 0 bridgehead atoms. The van der Waals surface area contributed by atoms with Crippen LogP contribution in [0.2, 0.25) is 0 Å². The number of hydrogen-bond acceptors (Lipinski definition) is 4. The van der Waals surface area contributed by atoms with Gasteiger partial charge >= 0.3 is 0 Å². The number of thioether (sulfide) groups is 1. The molecule has 0 unspecified atom stereocenters. The summed E-state index contributed by atoms with van der Waals surface area (Å²) < 4.78 is 15.0. The van der Waals surface area contributed by atoms with Gasteiger partial charge in [-0.05, 0) is 37.1 Å². The van der Waals surface area contributed by atoms with Crippen molar-refractivity contribution in [2.24, 2.45) is 7.05 Å². The van der Waals surface area contributed by atoms with Gasteiger partial charge in [0.1, 0.15) is 11.6 Å². The molecule has 146 valence electrons. The molecule has 0 aliphatic carbocycles. The van der Waals surface area contributed by atoms with Crippen molar-refractivity contribution in [3.05, 3.63) is 77.4 Å². The highest BCUT2D eigenvalue weighted by atomic mass is 32.2. The van der Waals surface area contributed by atoms with Gasteiger partial charge < -0.3 is 9.88 Å². The average molecular weight is 399 g/mol. The Kier molecular flexibility index (Phi) is 6.46. The van der Waals surface area contributed by atoms with Crippen molar-refractivity contribution in [3.63, 3.8) is 0 Å². The molecular weight excluding hydrogens is 375 g/mol. The van der Waals surface area contributed by atoms with Crippen LogP contribution in [0, 0.1) is 5.82 Å². The van der Waals surface area contributed by atoms with Crippen molar-refractivity contribution in [1.29, 1.82) is 0 Å². The second-order valence-corrected chi connectivity index (χ2v) is 7.97. The minimum absolute atomic E-state index is 0.102. The second-order valence-electron chi connectivity index (χ2n) is 6.66. The third-order valence-corrected chi connectivity index (χ3v) is 5.64. The van der Waals surface area contributed by atoms with E-state index >= 15 is 0 Å². The van der Waals surface area contributed by atoms with E-state index < -0.39 is 0 Å². The van der Waals surface area contributed by atoms with Crippen LogP contribution in [0.15, 0.2) is 59.8 Å². The standard InChI is InChI=1S/C21H23FN4OS/c1-14(17-9-11-18(22)12-10-17)23-20(27)15(2)28-21-25-24-19(26(21)3)13-16-7-5-4-6-8-16/h4-12,14-15H,13H2,1-3H3,(H,23,27)/t14-,15-/m1/s1. The van der Waals surface area contributed by atoms with E-state index in [-0.39, 0.29) is 23.0 Å². The summed E-state index contributed by atoms with van der Waals surface area (Å²) >= 11 is 1.37. The molecule has 0 saturated heterocycles. The second kappa shape index (κ2) is 9.01. The van der Waals surface area contributed by atoms with Gasteiger partial charge in [-0.2, -0.15) is 0 Å². The molecule has 0 saturated carbocycles. The van der Waals surface area contributed by atoms with Gasteiger partial charge in [0.15, 0.2) is 5.16 Å². The average Bonchev–Trinajstić information content (AvgIpc) is 3.02. The van der Waals surface area contributed by atoms with Crippen LogP contribution in [0.4, 0.5) is 4.39 Å². The van der Waals surface area contributed by atoms with E-state index in [1.54, 1.807) is 12.1 Å². The lowest BCUT2D eigenvalue weighted by atomic mass is 10.1. The summed E-state index contributed by atoms with van der Waals surface area (Å²) in [6.45, 7) is 3.71. The summed E-state index contributed by atoms with van der Waals surface area (Å²) in [5.41, 5.74) is 2.02. The Balaban J connectivity index is 1.60. The molecule has 0 aliphatic rings. The maximum Gasteiger partial charge on any atom is 0.233 e. The Labute approximate surface area is 168 Å². The van der Waals surface area contributed by atoms with Crippen LogP contribution in [-0.2, 0) is 18.3 Å². The molecule has 7 heteroatoms. The molecule has 3 rings (SSSR count). The molecule has 0 aliphatic heterocycles. The zero-order valence-corrected chi connectivity index (χ0v) is 16.9. The molecule has 1 N–H and O–H groups in total. The quantitative estimate of drug-likeness (QED) is 0.613. The molecule has 0 spiro atoms. The van der Waals surface area contributed by atoms with Gasteiger partial charge in [-0.15, -0.1) is 10.2 Å². The van der Waals surface area contributed by atoms with Crippen LogP contribution in [0.3, 0.4) is 0 Å². The number of nitrogens with one attached hydrogen (secondary N) is 1. The van der Waals surface area contributed by atoms with Gasteiger partial charge in [-0.25, -0.2) is 4.39 Å². The zero-order chi connectivity index (χ0) is 20.1. The molecule has 1 heterocycles. The first-order valence-corrected chi connectivity index (χ1v) is 9.96. The summed E-state index contributed by atoms with van der Waals surface area (Å²) in [7, 11) is 1.91. The summed E-state index contributed by atoms with van der Waals surface area (Å²) in [6.07, 6.45) is 0.688. The maximum absolute atomic E-state index is 13.1. The number of rotatable bonds is 7. The number of amides is 1. The minimum atomic E-state index is -0.338. The smallest absolute Gasteiger partial charge is 0.233 e. The number of carbonyl (C=O) groups excluding carboxylic acids is 1. The molecule has 0 radical (unpaired) electrons. The normalized spacial score (nSPS) is 13.1. The number of carbonyl (C=O) groups is 1. The molecule has 3 aromatic rings. The van der Waals surface area contributed by atoms with E-state index in [0.717, 1.165) is 17.0 Å². The highest BCUT2D eigenvalue weighted by Crippen LogP contribution is 2.23. The lowest BCUT2D eigenvalue weighted by Gasteiger charge is -2.17. The summed E-state index contributed by atoms with van der Waals surface area (Å²) in [4.78, 5) is 12.5. The van der Waals surface area contributed by atoms with Crippen molar-refractivity contribution in [3.8, 4) is 0 Å². The Morgan fingerprint density at radius 1 is 1.11 bits per heavy atom. The highest BCUT2D eigenvalue weighted by Gasteiger charge is 2.20. The molecule has 0 fully saturated rings. The fourth-order valence-electron chi connectivity index (χ4n) is 2.76. The summed E-state index contributed by atoms with van der Waals surface area (Å²) in [6, 6.07) is 16.0. The third kappa shape index (κ3) is 4.98. The third-order valence-electron chi connectivity index (χ3n) is 4.51. The lowest BCUT2D eigenvalue weighted by Crippen LogP contribution is -2.33. The number of hydrogen-bond donors (Lipinski definition) is 1. The van der Waals surface area contributed by atoms with Crippen LogP contribution in [0.5, 0.6) is 0 Å². The van der Waals surface area contributed by atoms with Crippen LogP contribution in [0.25, 0.3) is 0 Å². The molecular formula is C21H23FN4OS. The number of nitrogens with zero attached hydrogens (tertiary/aromatic N) is 3. The first-order valence-electron chi connectivity index (χ1n) is 9.08. The van der Waals surface area contributed by atoms with Crippen molar-refractivity contribution in [2.75, 3.05) is 0 Å². The van der Waals surface area contributed by atoms with Gasteiger partial charge in [0.05, 0.1) is 11.3 Å². The van der Waals surface area contributed by atoms with Crippen molar-refractivity contribution < 1.29 is 9.18 Å². The molecule has 1 amide bonds. The summed E-state index contributed by atoms with van der Waals surface area (Å²) in [5, 5.41) is 11.8. The van der Waals surface area contributed by atoms with Crippen LogP contribution >= 0.6 is 11.8 Å². The first kappa shape index (κ1) is 20.1. The largest absolute Gasteiger partial charge is 0.349 e. The van der Waals surface area contributed by atoms with E-state index in [1.165, 1.54) is 23.9 Å². The maximum atomic E-state index is 13.1. The summed E-state index contributed by atoms with van der Waals surface area (Å²) in [5.74, 6) is 0.454. The van der Waals surface area contributed by atoms with Gasteiger partial charge in [0, 0.05) is 13.5 Å². The van der Waals surface area contributed by atoms with E-state index in [1.807, 2.05) is 43.7 Å². The van der Waals surface area contributed by atoms with Gasteiger partial charge in [0.25, 0.3) is 0 Å². The fraction of sp³-hybridized carbons (Fsp3) is 0.286. The van der Waals surface area contributed by atoms with Crippen molar-refractivity contribution in [2.45, 2.75) is 36.7 Å². The van der Waals surface area contributed by atoms with E-state index in [2.05, 4.69) is 27.6 Å². The molecule has 1 aromatic heterocycles. The Morgan fingerprint density at radius 3 is 2.46 bits per heavy atom. The predicted octanol–water partition coefficient (Wildman–Crippen LogP) is 3.90. The first-order chi connectivity index (χ1) is 13.4. The zero-order valence-electron chi connectivity index (χ0n) is 16.1. The number of aromatic nitrogens is 3. The molecule has 5 nitrogen and oxygen atoms in total. The van der Waals surface area contributed by atoms with Gasteiger partial charge in [0.2, 0.25) is 5.91 Å². The lowest BCUT2D eigenvalue weighted by molar-refractivity contribution is -0.120. The highest BCUT2D eigenvalue weighted by molar-refractivity contribution is 8.00. The minimum Gasteiger partial charge on any atom is -0.349 e. The van der Waals surface area contributed by atoms with Crippen molar-refractivity contribution in [1.82, 2.24) is 20.1 Å². The van der Waals surface area contributed by atoms with Crippen LogP contribution < -0.4 is 5.32 Å². The van der Waals surface area contributed by atoms with Crippen molar-refractivity contribution >= 4 is 17.7 Å². The monoisotopic (exact) mass is 398 g/mol. The SMILES string of the molecule is C[C@@H](Sc1nnc(Cc2ccccc2)n1C)C(=O)N[C@H](C)c1ccc(F)cc1. The topological polar surface area (TPSA) is 59.8 Å². The molecule has 2 aromatic carbocycles. The van der Waals surface area contributed by atoms with Crippen LogP contribution in [-0.4, -0.2) is 25.9 Å². The van der Waals surface area contributed by atoms with Crippen LogP contribution in [0.1, 0.15) is 36.8 Å². The number of benzene rings is 2. The number of halogens is 1. The Hall–Kier alpha value is -2.67. The predicted molar refractivity (Wildman–Crippen MR) is 109 cm³/mol.